The molecule has 0 amide bonds. The van der Waals surface area contributed by atoms with E-state index in [0.29, 0.717) is 6.61 Å². The van der Waals surface area contributed by atoms with Crippen LogP contribution in [0.15, 0.2) is 0 Å². The average molecular weight is 232 g/mol. The summed E-state index contributed by atoms with van der Waals surface area (Å²) in [6.45, 7) is 11.1. The molecule has 2 atom stereocenters. The zero-order valence-corrected chi connectivity index (χ0v) is 11.2. The Morgan fingerprint density at radius 1 is 1.31 bits per heavy atom. The lowest BCUT2D eigenvalue weighted by molar-refractivity contribution is -0.171. The average Bonchev–Trinajstić information content (AvgIpc) is 2.10. The molecule has 2 unspecified atom stereocenters. The van der Waals surface area contributed by atoms with Gasteiger partial charge in [0.05, 0.1) is 18.1 Å². The normalized spacial score (nSPS) is 17.7. The summed E-state index contributed by atoms with van der Waals surface area (Å²) in [4.78, 5) is 11.7. The third-order valence-electron chi connectivity index (χ3n) is 2.29. The molecule has 0 aromatic heterocycles. The number of ether oxygens (including phenoxy) is 2. The molecule has 0 rings (SSSR count). The van der Waals surface area contributed by atoms with Crippen molar-refractivity contribution < 1.29 is 19.4 Å². The van der Waals surface area contributed by atoms with Gasteiger partial charge in [-0.05, 0) is 41.5 Å². The standard InChI is InChI=1S/C12H24O4/c1-7-15-8-12(6,14)9(2)10(13)16-11(3,4)5/h9,14H,7-8H2,1-6H3. The van der Waals surface area contributed by atoms with Crippen LogP contribution >= 0.6 is 0 Å². The summed E-state index contributed by atoms with van der Waals surface area (Å²) in [5, 5.41) is 10.1. The molecule has 0 spiro atoms. The largest absolute Gasteiger partial charge is 0.460 e. The fourth-order valence-electron chi connectivity index (χ4n) is 1.08. The Balaban J connectivity index is 4.41. The van der Waals surface area contributed by atoms with E-state index in [1.807, 2.05) is 6.92 Å². The third-order valence-corrected chi connectivity index (χ3v) is 2.29. The molecular formula is C12H24O4. The van der Waals surface area contributed by atoms with Crippen molar-refractivity contribution in [1.29, 1.82) is 0 Å². The highest BCUT2D eigenvalue weighted by Gasteiger charge is 2.36. The van der Waals surface area contributed by atoms with Gasteiger partial charge in [0.2, 0.25) is 0 Å². The molecular weight excluding hydrogens is 208 g/mol. The van der Waals surface area contributed by atoms with Crippen LogP contribution in [-0.4, -0.2) is 35.5 Å². The zero-order valence-electron chi connectivity index (χ0n) is 11.2. The number of esters is 1. The van der Waals surface area contributed by atoms with Gasteiger partial charge in [-0.3, -0.25) is 4.79 Å². The van der Waals surface area contributed by atoms with Crippen LogP contribution in [0.25, 0.3) is 0 Å². The van der Waals surface area contributed by atoms with Crippen LogP contribution < -0.4 is 0 Å². The van der Waals surface area contributed by atoms with Gasteiger partial charge in [0, 0.05) is 6.61 Å². The summed E-state index contributed by atoms with van der Waals surface area (Å²) >= 11 is 0. The zero-order chi connectivity index (χ0) is 13.0. The van der Waals surface area contributed by atoms with Gasteiger partial charge in [-0.2, -0.15) is 0 Å². The number of aliphatic hydroxyl groups is 1. The van der Waals surface area contributed by atoms with Crippen molar-refractivity contribution in [3.05, 3.63) is 0 Å². The summed E-state index contributed by atoms with van der Waals surface area (Å²) < 4.78 is 10.4. The summed E-state index contributed by atoms with van der Waals surface area (Å²) in [5.74, 6) is -1.02. The second-order valence-corrected chi connectivity index (χ2v) is 5.25. The minimum Gasteiger partial charge on any atom is -0.460 e. The Hall–Kier alpha value is -0.610. The van der Waals surface area contributed by atoms with Crippen LogP contribution in [0, 0.1) is 5.92 Å². The summed E-state index contributed by atoms with van der Waals surface area (Å²) in [6, 6.07) is 0. The number of carbonyl (C=O) groups excluding carboxylic acids is 1. The van der Waals surface area contributed by atoms with Crippen LogP contribution in [0.3, 0.4) is 0 Å². The lowest BCUT2D eigenvalue weighted by Gasteiger charge is -2.31. The Morgan fingerprint density at radius 3 is 2.19 bits per heavy atom. The highest BCUT2D eigenvalue weighted by atomic mass is 16.6. The van der Waals surface area contributed by atoms with Crippen molar-refractivity contribution in [1.82, 2.24) is 0 Å². The fourth-order valence-corrected chi connectivity index (χ4v) is 1.08. The Morgan fingerprint density at radius 2 is 1.81 bits per heavy atom. The second-order valence-electron chi connectivity index (χ2n) is 5.25. The maximum atomic E-state index is 11.7. The van der Waals surface area contributed by atoms with Gasteiger partial charge in [-0.15, -0.1) is 0 Å². The highest BCUT2D eigenvalue weighted by molar-refractivity contribution is 5.73. The van der Waals surface area contributed by atoms with E-state index >= 15 is 0 Å². The monoisotopic (exact) mass is 232 g/mol. The van der Waals surface area contributed by atoms with Gasteiger partial charge in [0.25, 0.3) is 0 Å². The molecule has 16 heavy (non-hydrogen) atoms. The molecule has 1 N–H and O–H groups in total. The van der Waals surface area contributed by atoms with Gasteiger partial charge in [-0.1, -0.05) is 0 Å². The van der Waals surface area contributed by atoms with Crippen LogP contribution in [0.4, 0.5) is 0 Å². The molecule has 0 aliphatic carbocycles. The first kappa shape index (κ1) is 15.4. The summed E-state index contributed by atoms with van der Waals surface area (Å²) in [7, 11) is 0. The predicted octanol–water partition coefficient (Wildman–Crippen LogP) is 1.75. The Kier molecular flexibility index (Phi) is 5.42. The molecule has 0 heterocycles. The number of hydrogen-bond acceptors (Lipinski definition) is 4. The molecule has 0 aromatic rings. The quantitative estimate of drug-likeness (QED) is 0.734. The molecule has 0 bridgehead atoms. The SMILES string of the molecule is CCOCC(C)(O)C(C)C(=O)OC(C)(C)C. The smallest absolute Gasteiger partial charge is 0.312 e. The molecule has 0 fully saturated rings. The minimum absolute atomic E-state index is 0.129. The summed E-state index contributed by atoms with van der Waals surface area (Å²) in [5.41, 5.74) is -1.73. The predicted molar refractivity (Wildman–Crippen MR) is 62.1 cm³/mol. The molecule has 0 radical (unpaired) electrons. The van der Waals surface area contributed by atoms with Crippen LogP contribution in [0.2, 0.25) is 0 Å². The van der Waals surface area contributed by atoms with Crippen molar-refractivity contribution in [3.63, 3.8) is 0 Å². The van der Waals surface area contributed by atoms with Gasteiger partial charge in [0.1, 0.15) is 5.60 Å². The molecule has 0 aromatic carbocycles. The lowest BCUT2D eigenvalue weighted by atomic mass is 9.91. The van der Waals surface area contributed by atoms with Gasteiger partial charge in [0.15, 0.2) is 0 Å². The van der Waals surface area contributed by atoms with Crippen molar-refractivity contribution in [2.24, 2.45) is 5.92 Å². The van der Waals surface area contributed by atoms with E-state index in [1.165, 1.54) is 0 Å². The minimum atomic E-state index is -1.20. The first-order valence-electron chi connectivity index (χ1n) is 5.63. The summed E-state index contributed by atoms with van der Waals surface area (Å²) in [6.07, 6.45) is 0. The molecule has 0 saturated carbocycles. The topological polar surface area (TPSA) is 55.8 Å². The lowest BCUT2D eigenvalue weighted by Crippen LogP contribution is -2.44. The van der Waals surface area contributed by atoms with Gasteiger partial charge in [-0.25, -0.2) is 0 Å². The van der Waals surface area contributed by atoms with Crippen molar-refractivity contribution in [2.75, 3.05) is 13.2 Å². The molecule has 0 aliphatic heterocycles. The maximum Gasteiger partial charge on any atom is 0.312 e. The third kappa shape index (κ3) is 5.47. The highest BCUT2D eigenvalue weighted by Crippen LogP contribution is 2.21. The van der Waals surface area contributed by atoms with Crippen LogP contribution in [0.1, 0.15) is 41.5 Å². The molecule has 0 aliphatic rings. The van der Waals surface area contributed by atoms with E-state index < -0.39 is 23.1 Å². The van der Waals surface area contributed by atoms with Gasteiger partial charge >= 0.3 is 5.97 Å². The first-order chi connectivity index (χ1) is 7.10. The van der Waals surface area contributed by atoms with E-state index in [0.717, 1.165) is 0 Å². The first-order valence-corrected chi connectivity index (χ1v) is 5.63. The van der Waals surface area contributed by atoms with Crippen molar-refractivity contribution in [3.8, 4) is 0 Å². The van der Waals surface area contributed by atoms with Crippen LogP contribution in [-0.2, 0) is 14.3 Å². The Bertz CT molecular complexity index is 228. The number of carbonyl (C=O) groups is 1. The maximum absolute atomic E-state index is 11.7. The number of rotatable bonds is 5. The van der Waals surface area contributed by atoms with E-state index in [1.54, 1.807) is 34.6 Å². The van der Waals surface area contributed by atoms with E-state index in [4.69, 9.17) is 9.47 Å². The number of hydrogen-bond donors (Lipinski definition) is 1. The molecule has 96 valence electrons. The second kappa shape index (κ2) is 5.64. The van der Waals surface area contributed by atoms with Crippen LogP contribution in [0.5, 0.6) is 0 Å². The Labute approximate surface area is 97.9 Å². The van der Waals surface area contributed by atoms with E-state index in [-0.39, 0.29) is 6.61 Å². The fraction of sp³-hybridized carbons (Fsp3) is 0.917. The molecule has 4 heteroatoms. The molecule has 0 saturated heterocycles. The van der Waals surface area contributed by atoms with Gasteiger partial charge < -0.3 is 14.6 Å². The van der Waals surface area contributed by atoms with Crippen molar-refractivity contribution in [2.45, 2.75) is 52.7 Å². The van der Waals surface area contributed by atoms with E-state index in [9.17, 15) is 9.90 Å². The van der Waals surface area contributed by atoms with Crippen molar-refractivity contribution >= 4 is 5.97 Å². The molecule has 4 nitrogen and oxygen atoms in total. The van der Waals surface area contributed by atoms with E-state index in [2.05, 4.69) is 0 Å².